The van der Waals surface area contributed by atoms with Gasteiger partial charge in [0.2, 0.25) is 0 Å². The maximum atomic E-state index is 11.7. The minimum absolute atomic E-state index is 0.0526. The summed E-state index contributed by atoms with van der Waals surface area (Å²) >= 11 is 0. The van der Waals surface area contributed by atoms with Crippen LogP contribution >= 0.6 is 0 Å². The van der Waals surface area contributed by atoms with Crippen molar-refractivity contribution in [1.82, 2.24) is 4.98 Å². The van der Waals surface area contributed by atoms with Crippen LogP contribution in [-0.2, 0) is 9.53 Å². The minimum atomic E-state index is -0.339. The van der Waals surface area contributed by atoms with Crippen molar-refractivity contribution in [2.45, 2.75) is 13.3 Å². The van der Waals surface area contributed by atoms with Crippen LogP contribution < -0.4 is 5.43 Å². The topological polar surface area (TPSA) is 59.2 Å². The van der Waals surface area contributed by atoms with Gasteiger partial charge in [0.25, 0.3) is 0 Å². The second-order valence-corrected chi connectivity index (χ2v) is 3.89. The number of hydrogen-bond donors (Lipinski definition) is 1. The number of hydrogen-bond acceptors (Lipinski definition) is 3. The first-order valence-corrected chi connectivity index (χ1v) is 5.96. The summed E-state index contributed by atoms with van der Waals surface area (Å²) in [7, 11) is 0. The zero-order valence-electron chi connectivity index (χ0n) is 10.5. The average Bonchev–Trinajstić information content (AvgIpc) is 2.40. The molecule has 0 amide bonds. The van der Waals surface area contributed by atoms with Gasteiger partial charge in [0.15, 0.2) is 5.43 Å². The summed E-state index contributed by atoms with van der Waals surface area (Å²) in [5.74, 6) is 5.24. The molecule has 0 aliphatic heterocycles. The molecule has 0 saturated heterocycles. The van der Waals surface area contributed by atoms with E-state index in [1.807, 2.05) is 0 Å². The average molecular weight is 255 g/mol. The molecule has 2 rings (SSSR count). The Bertz CT molecular complexity index is 719. The number of pyridine rings is 1. The molecule has 4 nitrogen and oxygen atoms in total. The summed E-state index contributed by atoms with van der Waals surface area (Å²) in [4.78, 5) is 25.8. The van der Waals surface area contributed by atoms with E-state index < -0.39 is 0 Å². The first kappa shape index (κ1) is 12.9. The van der Waals surface area contributed by atoms with Crippen molar-refractivity contribution >= 4 is 16.9 Å². The van der Waals surface area contributed by atoms with E-state index in [0.717, 1.165) is 5.52 Å². The minimum Gasteiger partial charge on any atom is -0.465 e. The molecule has 4 heteroatoms. The Morgan fingerprint density at radius 2 is 2.21 bits per heavy atom. The Labute approximate surface area is 110 Å². The van der Waals surface area contributed by atoms with Crippen LogP contribution in [0.3, 0.4) is 0 Å². The fourth-order valence-electron chi connectivity index (χ4n) is 1.68. The molecule has 1 N–H and O–H groups in total. The van der Waals surface area contributed by atoms with E-state index >= 15 is 0 Å². The van der Waals surface area contributed by atoms with Gasteiger partial charge in [0, 0.05) is 28.7 Å². The Hall–Kier alpha value is -2.54. The summed E-state index contributed by atoms with van der Waals surface area (Å²) in [6.07, 6.45) is 1.66. The second kappa shape index (κ2) is 5.87. The lowest BCUT2D eigenvalue weighted by atomic mass is 10.1. The number of rotatable bonds is 2. The molecule has 0 aliphatic rings. The van der Waals surface area contributed by atoms with Gasteiger partial charge in [0.1, 0.15) is 6.42 Å². The lowest BCUT2D eigenvalue weighted by Gasteiger charge is -1.97. The highest BCUT2D eigenvalue weighted by Crippen LogP contribution is 2.08. The highest BCUT2D eigenvalue weighted by atomic mass is 16.5. The number of esters is 1. The predicted molar refractivity (Wildman–Crippen MR) is 72.7 cm³/mol. The van der Waals surface area contributed by atoms with E-state index in [-0.39, 0.29) is 17.8 Å². The molecule has 2 aromatic rings. The summed E-state index contributed by atoms with van der Waals surface area (Å²) in [6.45, 7) is 2.10. The molecule has 0 radical (unpaired) electrons. The highest BCUT2D eigenvalue weighted by molar-refractivity contribution is 5.80. The maximum Gasteiger partial charge on any atom is 0.317 e. The molecule has 0 spiro atoms. The predicted octanol–water partition coefficient (Wildman–Crippen LogP) is 1.83. The highest BCUT2D eigenvalue weighted by Gasteiger charge is 1.99. The van der Waals surface area contributed by atoms with Crippen LogP contribution in [-0.4, -0.2) is 17.6 Å². The van der Waals surface area contributed by atoms with Crippen molar-refractivity contribution in [1.29, 1.82) is 0 Å². The van der Waals surface area contributed by atoms with Crippen molar-refractivity contribution < 1.29 is 9.53 Å². The van der Waals surface area contributed by atoms with E-state index in [1.54, 1.807) is 31.3 Å². The number of aromatic nitrogens is 1. The molecule has 1 aromatic heterocycles. The van der Waals surface area contributed by atoms with Gasteiger partial charge in [-0.3, -0.25) is 9.59 Å². The largest absolute Gasteiger partial charge is 0.465 e. The first-order valence-electron chi connectivity index (χ1n) is 5.96. The molecule has 1 aromatic carbocycles. The molecule has 0 unspecified atom stereocenters. The Morgan fingerprint density at radius 1 is 1.37 bits per heavy atom. The summed E-state index contributed by atoms with van der Waals surface area (Å²) in [5, 5.41) is 0.588. The zero-order chi connectivity index (χ0) is 13.7. The van der Waals surface area contributed by atoms with Gasteiger partial charge in [-0.1, -0.05) is 11.8 Å². The Balaban J connectivity index is 2.23. The van der Waals surface area contributed by atoms with Gasteiger partial charge in [-0.2, -0.15) is 0 Å². The van der Waals surface area contributed by atoms with Crippen LogP contribution in [0.2, 0.25) is 0 Å². The van der Waals surface area contributed by atoms with Gasteiger partial charge < -0.3 is 9.72 Å². The molecule has 0 saturated carbocycles. The van der Waals surface area contributed by atoms with Crippen molar-refractivity contribution in [2.24, 2.45) is 0 Å². The Morgan fingerprint density at radius 3 is 3.00 bits per heavy atom. The maximum absolute atomic E-state index is 11.7. The molecule has 19 heavy (non-hydrogen) atoms. The van der Waals surface area contributed by atoms with Gasteiger partial charge in [0.05, 0.1) is 6.61 Å². The summed E-state index contributed by atoms with van der Waals surface area (Å²) in [6, 6.07) is 6.78. The number of nitrogens with one attached hydrogen (secondary N) is 1. The lowest BCUT2D eigenvalue weighted by Crippen LogP contribution is -2.01. The van der Waals surface area contributed by atoms with E-state index in [2.05, 4.69) is 16.8 Å². The summed E-state index contributed by atoms with van der Waals surface area (Å²) < 4.78 is 4.77. The Kier molecular flexibility index (Phi) is 3.99. The number of ether oxygens (including phenoxy) is 1. The van der Waals surface area contributed by atoms with Crippen LogP contribution in [0.5, 0.6) is 0 Å². The summed E-state index contributed by atoms with van der Waals surface area (Å²) in [5.41, 5.74) is 1.42. The van der Waals surface area contributed by atoms with Crippen LogP contribution in [0.4, 0.5) is 0 Å². The zero-order valence-corrected chi connectivity index (χ0v) is 10.5. The van der Waals surface area contributed by atoms with Crippen molar-refractivity contribution in [3.63, 3.8) is 0 Å². The molecule has 0 atom stereocenters. The first-order chi connectivity index (χ1) is 9.20. The van der Waals surface area contributed by atoms with Crippen LogP contribution in [0, 0.1) is 11.8 Å². The van der Waals surface area contributed by atoms with Crippen molar-refractivity contribution in [3.05, 3.63) is 46.2 Å². The van der Waals surface area contributed by atoms with Gasteiger partial charge in [-0.15, -0.1) is 0 Å². The normalized spacial score (nSPS) is 9.74. The van der Waals surface area contributed by atoms with E-state index in [4.69, 9.17) is 4.74 Å². The molecule has 0 aliphatic carbocycles. The number of fused-ring (bicyclic) bond motifs is 1. The number of carbonyl (C=O) groups is 1. The van der Waals surface area contributed by atoms with Crippen molar-refractivity contribution in [3.8, 4) is 11.8 Å². The van der Waals surface area contributed by atoms with Crippen LogP contribution in [0.1, 0.15) is 18.9 Å². The van der Waals surface area contributed by atoms with E-state index in [1.165, 1.54) is 6.07 Å². The number of H-pyrrole nitrogens is 1. The molecule has 0 bridgehead atoms. The number of benzene rings is 1. The third-order valence-corrected chi connectivity index (χ3v) is 2.53. The SMILES string of the molecule is CCOC(=O)CC#Cc1ccc2[nH]ccc(=O)c2c1. The molecule has 0 fully saturated rings. The number of carbonyl (C=O) groups excluding carboxylic acids is 1. The fourth-order valence-corrected chi connectivity index (χ4v) is 1.68. The molecule has 1 heterocycles. The van der Waals surface area contributed by atoms with E-state index in [9.17, 15) is 9.59 Å². The molecular formula is C15H13NO3. The third-order valence-electron chi connectivity index (χ3n) is 2.53. The van der Waals surface area contributed by atoms with Gasteiger partial charge >= 0.3 is 5.97 Å². The van der Waals surface area contributed by atoms with Crippen LogP contribution in [0.15, 0.2) is 35.3 Å². The second-order valence-electron chi connectivity index (χ2n) is 3.89. The smallest absolute Gasteiger partial charge is 0.317 e. The molecule has 96 valence electrons. The van der Waals surface area contributed by atoms with Crippen molar-refractivity contribution in [2.75, 3.05) is 6.61 Å². The molecular weight excluding hydrogens is 242 g/mol. The quantitative estimate of drug-likeness (QED) is 0.658. The van der Waals surface area contributed by atoms with Gasteiger partial charge in [-0.05, 0) is 25.1 Å². The fraction of sp³-hybridized carbons (Fsp3) is 0.200. The third kappa shape index (κ3) is 3.23. The standard InChI is InChI=1S/C15H13NO3/c1-2-19-15(18)5-3-4-11-6-7-13-12(10-11)14(17)8-9-16-13/h6-10H,2,5H2,1H3,(H,16,17). The number of aromatic amines is 1. The monoisotopic (exact) mass is 255 g/mol. The van der Waals surface area contributed by atoms with E-state index in [0.29, 0.717) is 17.6 Å². The van der Waals surface area contributed by atoms with Crippen LogP contribution in [0.25, 0.3) is 10.9 Å². The lowest BCUT2D eigenvalue weighted by molar-refractivity contribution is -0.141. The van der Waals surface area contributed by atoms with Gasteiger partial charge in [-0.25, -0.2) is 0 Å².